The standard InChI is InChI=1S/C21H25N5/c1-15-10-19(11-16(2)24-15)25-18-4-3-9-26(14-18)13-17-5-6-20-21(12-17)23-8-7-22-20/h5-8,10-12,18H,3-4,9,13-14H2,1-2H3,(H,24,25)/t18-/m1/s1. The summed E-state index contributed by atoms with van der Waals surface area (Å²) in [6, 6.07) is 11.1. The van der Waals surface area contributed by atoms with Gasteiger partial charge in [-0.15, -0.1) is 0 Å². The largest absolute Gasteiger partial charge is 0.381 e. The van der Waals surface area contributed by atoms with Crippen LogP contribution >= 0.6 is 0 Å². The van der Waals surface area contributed by atoms with E-state index in [1.165, 1.54) is 24.1 Å². The van der Waals surface area contributed by atoms with Gasteiger partial charge in [0.2, 0.25) is 0 Å². The van der Waals surface area contributed by atoms with Gasteiger partial charge in [0.05, 0.1) is 11.0 Å². The molecule has 0 aliphatic carbocycles. The number of aryl methyl sites for hydroxylation is 2. The Hall–Kier alpha value is -2.53. The predicted molar refractivity (Wildman–Crippen MR) is 105 cm³/mol. The maximum Gasteiger partial charge on any atom is 0.0890 e. The van der Waals surface area contributed by atoms with E-state index in [0.29, 0.717) is 6.04 Å². The van der Waals surface area contributed by atoms with Crippen molar-refractivity contribution in [3.63, 3.8) is 0 Å². The minimum atomic E-state index is 0.477. The lowest BCUT2D eigenvalue weighted by Crippen LogP contribution is -2.41. The Morgan fingerprint density at radius 1 is 1.04 bits per heavy atom. The van der Waals surface area contributed by atoms with Gasteiger partial charge in [0.25, 0.3) is 0 Å². The van der Waals surface area contributed by atoms with Crippen molar-refractivity contribution in [3.05, 3.63) is 59.7 Å². The molecule has 3 heterocycles. The Morgan fingerprint density at radius 2 is 1.81 bits per heavy atom. The van der Waals surface area contributed by atoms with Crippen molar-refractivity contribution in [1.82, 2.24) is 19.9 Å². The van der Waals surface area contributed by atoms with Crippen molar-refractivity contribution < 1.29 is 0 Å². The SMILES string of the molecule is Cc1cc(N[C@@H]2CCCN(Cc3ccc4nccnc4c3)C2)cc(C)n1. The second-order valence-corrected chi connectivity index (χ2v) is 7.24. The van der Waals surface area contributed by atoms with E-state index in [2.05, 4.69) is 55.5 Å². The van der Waals surface area contributed by atoms with Crippen LogP contribution < -0.4 is 5.32 Å². The number of nitrogens with one attached hydrogen (secondary N) is 1. The van der Waals surface area contributed by atoms with Crippen molar-refractivity contribution in [2.24, 2.45) is 0 Å². The van der Waals surface area contributed by atoms with Crippen molar-refractivity contribution in [1.29, 1.82) is 0 Å². The van der Waals surface area contributed by atoms with E-state index in [9.17, 15) is 0 Å². The topological polar surface area (TPSA) is 53.9 Å². The van der Waals surface area contributed by atoms with Crippen molar-refractivity contribution in [3.8, 4) is 0 Å². The number of rotatable bonds is 4. The lowest BCUT2D eigenvalue weighted by Gasteiger charge is -2.33. The number of fused-ring (bicyclic) bond motifs is 1. The first-order chi connectivity index (χ1) is 12.7. The van der Waals surface area contributed by atoms with Crippen LogP contribution in [0.3, 0.4) is 0 Å². The summed E-state index contributed by atoms with van der Waals surface area (Å²) in [4.78, 5) is 15.8. The molecule has 0 radical (unpaired) electrons. The van der Waals surface area contributed by atoms with Gasteiger partial charge < -0.3 is 5.32 Å². The zero-order valence-electron chi connectivity index (χ0n) is 15.4. The van der Waals surface area contributed by atoms with Gasteiger partial charge in [0.1, 0.15) is 0 Å². The number of likely N-dealkylation sites (tertiary alicyclic amines) is 1. The van der Waals surface area contributed by atoms with Crippen LogP contribution in [0.5, 0.6) is 0 Å². The predicted octanol–water partition coefficient (Wildman–Crippen LogP) is 3.72. The summed E-state index contributed by atoms with van der Waals surface area (Å²) in [5, 5.41) is 3.70. The van der Waals surface area contributed by atoms with Gasteiger partial charge in [-0.05, 0) is 63.1 Å². The molecule has 1 saturated heterocycles. The first kappa shape index (κ1) is 16.9. The number of benzene rings is 1. The van der Waals surface area contributed by atoms with E-state index >= 15 is 0 Å². The number of nitrogens with zero attached hydrogens (tertiary/aromatic N) is 4. The zero-order chi connectivity index (χ0) is 17.9. The van der Waals surface area contributed by atoms with E-state index < -0.39 is 0 Å². The molecule has 0 unspecified atom stereocenters. The lowest BCUT2D eigenvalue weighted by atomic mass is 10.0. The van der Waals surface area contributed by atoms with Crippen LogP contribution in [0.1, 0.15) is 29.8 Å². The average molecular weight is 347 g/mol. The van der Waals surface area contributed by atoms with Gasteiger partial charge in [-0.1, -0.05) is 6.07 Å². The molecular weight excluding hydrogens is 322 g/mol. The maximum atomic E-state index is 4.46. The molecule has 5 nitrogen and oxygen atoms in total. The van der Waals surface area contributed by atoms with Crippen LogP contribution in [0.25, 0.3) is 11.0 Å². The zero-order valence-corrected chi connectivity index (χ0v) is 15.4. The minimum Gasteiger partial charge on any atom is -0.381 e. The molecule has 1 fully saturated rings. The van der Waals surface area contributed by atoms with E-state index in [1.807, 2.05) is 13.8 Å². The van der Waals surface area contributed by atoms with E-state index in [-0.39, 0.29) is 0 Å². The Labute approximate surface area is 154 Å². The van der Waals surface area contributed by atoms with E-state index in [4.69, 9.17) is 0 Å². The molecule has 2 aromatic heterocycles. The van der Waals surface area contributed by atoms with Gasteiger partial charge in [0.15, 0.2) is 0 Å². The van der Waals surface area contributed by atoms with Crippen molar-refractivity contribution in [2.75, 3.05) is 18.4 Å². The summed E-state index contributed by atoms with van der Waals surface area (Å²) in [5.41, 5.74) is 6.55. The highest BCUT2D eigenvalue weighted by atomic mass is 15.2. The lowest BCUT2D eigenvalue weighted by molar-refractivity contribution is 0.208. The molecule has 0 spiro atoms. The molecule has 1 aliphatic heterocycles. The smallest absolute Gasteiger partial charge is 0.0890 e. The first-order valence-electron chi connectivity index (χ1n) is 9.29. The summed E-state index contributed by atoms with van der Waals surface area (Å²) in [7, 11) is 0. The van der Waals surface area contributed by atoms with Crippen LogP contribution in [0, 0.1) is 13.8 Å². The first-order valence-corrected chi connectivity index (χ1v) is 9.29. The number of pyridine rings is 1. The fourth-order valence-corrected chi connectivity index (χ4v) is 3.84. The molecule has 1 atom stereocenters. The number of aromatic nitrogens is 3. The van der Waals surface area contributed by atoms with E-state index in [0.717, 1.165) is 42.1 Å². The molecule has 134 valence electrons. The second-order valence-electron chi connectivity index (χ2n) is 7.24. The highest BCUT2D eigenvalue weighted by Gasteiger charge is 2.20. The molecule has 0 saturated carbocycles. The molecule has 3 aromatic rings. The summed E-state index contributed by atoms with van der Waals surface area (Å²) in [5.74, 6) is 0. The maximum absolute atomic E-state index is 4.46. The summed E-state index contributed by atoms with van der Waals surface area (Å²) in [6.45, 7) is 7.26. The highest BCUT2D eigenvalue weighted by Crippen LogP contribution is 2.20. The molecule has 0 bridgehead atoms. The normalized spacial score (nSPS) is 18.2. The Bertz CT molecular complexity index is 888. The number of hydrogen-bond donors (Lipinski definition) is 1. The van der Waals surface area contributed by atoms with Crippen LogP contribution in [0.4, 0.5) is 5.69 Å². The van der Waals surface area contributed by atoms with Crippen LogP contribution in [0.15, 0.2) is 42.7 Å². The summed E-state index contributed by atoms with van der Waals surface area (Å²) < 4.78 is 0. The molecule has 0 amide bonds. The molecule has 26 heavy (non-hydrogen) atoms. The molecule has 1 N–H and O–H groups in total. The monoisotopic (exact) mass is 347 g/mol. The van der Waals surface area contributed by atoms with Gasteiger partial charge in [-0.3, -0.25) is 19.9 Å². The molecule has 1 aliphatic rings. The Balaban J connectivity index is 1.42. The van der Waals surface area contributed by atoms with Crippen LogP contribution in [-0.4, -0.2) is 39.0 Å². The van der Waals surface area contributed by atoms with Crippen molar-refractivity contribution in [2.45, 2.75) is 39.3 Å². The third kappa shape index (κ3) is 3.99. The van der Waals surface area contributed by atoms with Gasteiger partial charge in [-0.25, -0.2) is 0 Å². The van der Waals surface area contributed by atoms with E-state index in [1.54, 1.807) is 12.4 Å². The average Bonchev–Trinajstić information content (AvgIpc) is 2.61. The molecule has 1 aromatic carbocycles. The van der Waals surface area contributed by atoms with Crippen molar-refractivity contribution >= 4 is 16.7 Å². The van der Waals surface area contributed by atoms with Gasteiger partial charge >= 0.3 is 0 Å². The third-order valence-corrected chi connectivity index (χ3v) is 4.90. The minimum absolute atomic E-state index is 0.477. The highest BCUT2D eigenvalue weighted by molar-refractivity contribution is 5.74. The third-order valence-electron chi connectivity index (χ3n) is 4.90. The number of anilines is 1. The number of hydrogen-bond acceptors (Lipinski definition) is 5. The molecular formula is C21H25N5. The summed E-state index contributed by atoms with van der Waals surface area (Å²) in [6.07, 6.45) is 5.92. The van der Waals surface area contributed by atoms with Gasteiger partial charge in [-0.2, -0.15) is 0 Å². The Morgan fingerprint density at radius 3 is 2.62 bits per heavy atom. The fraction of sp³-hybridized carbons (Fsp3) is 0.381. The van der Waals surface area contributed by atoms with Crippen LogP contribution in [0.2, 0.25) is 0 Å². The molecule has 4 rings (SSSR count). The summed E-state index contributed by atoms with van der Waals surface area (Å²) >= 11 is 0. The molecule has 5 heteroatoms. The van der Waals surface area contributed by atoms with Crippen LogP contribution in [-0.2, 0) is 6.54 Å². The van der Waals surface area contributed by atoms with Gasteiger partial charge in [0, 0.05) is 48.6 Å². The fourth-order valence-electron chi connectivity index (χ4n) is 3.84. The number of piperidine rings is 1. The second kappa shape index (κ2) is 7.38. The quantitative estimate of drug-likeness (QED) is 0.779. The Kier molecular flexibility index (Phi) is 4.80.